The van der Waals surface area contributed by atoms with E-state index < -0.39 is 11.5 Å². The number of nitrogens with zero attached hydrogens (tertiary/aromatic N) is 2. The maximum absolute atomic E-state index is 11.7. The Bertz CT molecular complexity index is 997. The second kappa shape index (κ2) is 9.80. The number of primary amides is 1. The molecule has 0 unspecified atom stereocenters. The number of ether oxygens (including phenoxy) is 3. The van der Waals surface area contributed by atoms with Crippen molar-refractivity contribution in [2.45, 2.75) is 51.4 Å². The number of aromatic nitrogens is 2. The van der Waals surface area contributed by atoms with Gasteiger partial charge in [-0.25, -0.2) is 4.98 Å². The molecule has 0 saturated heterocycles. The molecule has 1 saturated carbocycles. The van der Waals surface area contributed by atoms with Gasteiger partial charge in [0.15, 0.2) is 0 Å². The Hall–Kier alpha value is -3.11. The molecule has 1 amide bonds. The first-order valence-electron chi connectivity index (χ1n) is 11.3. The molecular formula is C23H32N6O4. The number of amides is 1. The van der Waals surface area contributed by atoms with Crippen molar-refractivity contribution >= 4 is 29.0 Å². The monoisotopic (exact) mass is 456 g/mol. The molecule has 4 rings (SSSR count). The molecule has 33 heavy (non-hydrogen) atoms. The van der Waals surface area contributed by atoms with Crippen LogP contribution in [-0.2, 0) is 9.47 Å². The zero-order valence-corrected chi connectivity index (χ0v) is 19.3. The van der Waals surface area contributed by atoms with Crippen LogP contribution in [0.25, 0.3) is 0 Å². The average molecular weight is 457 g/mol. The number of rotatable bonds is 10. The summed E-state index contributed by atoms with van der Waals surface area (Å²) >= 11 is 0. The average Bonchev–Trinajstić information content (AvgIpc) is 3.60. The number of fused-ring (bicyclic) bond motifs is 1. The fourth-order valence-corrected chi connectivity index (χ4v) is 3.38. The predicted molar refractivity (Wildman–Crippen MR) is 126 cm³/mol. The fourth-order valence-electron chi connectivity index (χ4n) is 3.38. The minimum atomic E-state index is -0.558. The maximum atomic E-state index is 11.7. The summed E-state index contributed by atoms with van der Waals surface area (Å²) in [4.78, 5) is 20.4. The van der Waals surface area contributed by atoms with Gasteiger partial charge in [0.2, 0.25) is 5.95 Å². The predicted octanol–water partition coefficient (Wildman–Crippen LogP) is 2.90. The van der Waals surface area contributed by atoms with E-state index in [0.29, 0.717) is 44.2 Å². The minimum Gasteiger partial charge on any atom is -0.488 e. The standard InChI is InChI=1S/C23H32N6O4/c1-14(2)31-8-9-33-23(3)12-26-18-10-16(6-7-19(18)32-13-23)28-22-25-11-17(20(24)30)21(29-22)27-15-4-5-15/h6-7,10-11,14-15,26H,4-5,8-9,12-13H2,1-3H3,(H2,24,30)(H2,25,27,28,29)/t23-/m1/s1. The van der Waals surface area contributed by atoms with Gasteiger partial charge in [-0.3, -0.25) is 4.79 Å². The van der Waals surface area contributed by atoms with E-state index in [0.717, 1.165) is 30.0 Å². The van der Waals surface area contributed by atoms with Crippen LogP contribution < -0.4 is 26.4 Å². The zero-order valence-electron chi connectivity index (χ0n) is 19.3. The van der Waals surface area contributed by atoms with Crippen LogP contribution in [0.4, 0.5) is 23.1 Å². The van der Waals surface area contributed by atoms with E-state index in [9.17, 15) is 4.79 Å². The first-order chi connectivity index (χ1) is 15.8. The molecule has 2 heterocycles. The number of anilines is 4. The highest BCUT2D eigenvalue weighted by molar-refractivity contribution is 5.97. The molecule has 0 radical (unpaired) electrons. The lowest BCUT2D eigenvalue weighted by Crippen LogP contribution is -2.42. The molecule has 1 aliphatic carbocycles. The van der Waals surface area contributed by atoms with Gasteiger partial charge in [0, 0.05) is 24.5 Å². The number of benzene rings is 1. The van der Waals surface area contributed by atoms with Gasteiger partial charge in [-0.15, -0.1) is 0 Å². The highest BCUT2D eigenvalue weighted by Crippen LogP contribution is 2.33. The number of nitrogens with one attached hydrogen (secondary N) is 3. The lowest BCUT2D eigenvalue weighted by molar-refractivity contribution is -0.0752. The quantitative estimate of drug-likeness (QED) is 0.398. The van der Waals surface area contributed by atoms with Gasteiger partial charge in [0.1, 0.15) is 23.8 Å². The second-order valence-corrected chi connectivity index (χ2v) is 8.93. The number of carbonyl (C=O) groups excluding carboxylic acids is 1. The number of hydrogen-bond acceptors (Lipinski definition) is 9. The summed E-state index contributed by atoms with van der Waals surface area (Å²) in [6.07, 6.45) is 3.72. The van der Waals surface area contributed by atoms with Gasteiger partial charge in [0.05, 0.1) is 30.6 Å². The van der Waals surface area contributed by atoms with E-state index in [1.54, 1.807) is 0 Å². The van der Waals surface area contributed by atoms with Crippen LogP contribution in [0.3, 0.4) is 0 Å². The van der Waals surface area contributed by atoms with E-state index in [1.807, 2.05) is 39.0 Å². The molecule has 1 aromatic heterocycles. The van der Waals surface area contributed by atoms with E-state index in [-0.39, 0.29) is 11.7 Å². The largest absolute Gasteiger partial charge is 0.488 e. The molecule has 5 N–H and O–H groups in total. The van der Waals surface area contributed by atoms with Crippen LogP contribution in [0.5, 0.6) is 5.75 Å². The normalized spacial score (nSPS) is 19.8. The molecule has 1 fully saturated rings. The summed E-state index contributed by atoms with van der Waals surface area (Å²) in [5.74, 6) is 1.01. The third-order valence-corrected chi connectivity index (χ3v) is 5.38. The lowest BCUT2D eigenvalue weighted by atomic mass is 10.1. The third kappa shape index (κ3) is 6.23. The Morgan fingerprint density at radius 2 is 2.18 bits per heavy atom. The van der Waals surface area contributed by atoms with Crippen molar-refractivity contribution in [2.24, 2.45) is 5.73 Å². The summed E-state index contributed by atoms with van der Waals surface area (Å²) < 4.78 is 17.6. The van der Waals surface area contributed by atoms with Crippen LogP contribution in [-0.4, -0.2) is 60.0 Å². The van der Waals surface area contributed by atoms with Gasteiger partial charge in [0.25, 0.3) is 5.91 Å². The minimum absolute atomic E-state index is 0.177. The first kappa shape index (κ1) is 23.1. The molecule has 178 valence electrons. The highest BCUT2D eigenvalue weighted by Gasteiger charge is 2.30. The molecule has 0 bridgehead atoms. The highest BCUT2D eigenvalue weighted by atomic mass is 16.6. The fraction of sp³-hybridized carbons (Fsp3) is 0.522. The SMILES string of the molecule is CC(C)OCCO[C@]1(C)CNc2cc(Nc3ncc(C(N)=O)c(NC4CC4)n3)ccc2OC1. The van der Waals surface area contributed by atoms with Crippen molar-refractivity contribution in [3.63, 3.8) is 0 Å². The molecule has 1 atom stereocenters. The van der Waals surface area contributed by atoms with E-state index in [2.05, 4.69) is 25.9 Å². The molecule has 0 spiro atoms. The summed E-state index contributed by atoms with van der Waals surface area (Å²) in [5.41, 5.74) is 6.88. The van der Waals surface area contributed by atoms with Crippen molar-refractivity contribution in [3.8, 4) is 5.75 Å². The van der Waals surface area contributed by atoms with Crippen LogP contribution in [0.1, 0.15) is 44.0 Å². The van der Waals surface area contributed by atoms with Gasteiger partial charge in [-0.2, -0.15) is 4.98 Å². The molecule has 2 aromatic rings. The Balaban J connectivity index is 1.41. The molecule has 10 nitrogen and oxygen atoms in total. The van der Waals surface area contributed by atoms with E-state index in [4.69, 9.17) is 19.9 Å². The van der Waals surface area contributed by atoms with Crippen LogP contribution in [0.2, 0.25) is 0 Å². The number of nitrogens with two attached hydrogens (primary N) is 1. The smallest absolute Gasteiger partial charge is 0.254 e. The van der Waals surface area contributed by atoms with Crippen molar-refractivity contribution in [1.82, 2.24) is 9.97 Å². The molecular weight excluding hydrogens is 424 g/mol. The molecule has 10 heteroatoms. The Morgan fingerprint density at radius 1 is 1.36 bits per heavy atom. The number of hydrogen-bond donors (Lipinski definition) is 4. The topological polar surface area (TPSA) is 133 Å². The van der Waals surface area contributed by atoms with Gasteiger partial charge in [-0.05, 0) is 51.8 Å². The van der Waals surface area contributed by atoms with Crippen LogP contribution >= 0.6 is 0 Å². The lowest BCUT2D eigenvalue weighted by Gasteiger charge is -2.27. The van der Waals surface area contributed by atoms with Gasteiger partial charge < -0.3 is 35.9 Å². The van der Waals surface area contributed by atoms with E-state index >= 15 is 0 Å². The first-order valence-corrected chi connectivity index (χ1v) is 11.3. The summed E-state index contributed by atoms with van der Waals surface area (Å²) in [6.45, 7) is 8.07. The van der Waals surface area contributed by atoms with Crippen molar-refractivity contribution in [2.75, 3.05) is 42.3 Å². The molecule has 1 aliphatic heterocycles. The Morgan fingerprint density at radius 3 is 2.91 bits per heavy atom. The van der Waals surface area contributed by atoms with Crippen molar-refractivity contribution in [1.29, 1.82) is 0 Å². The zero-order chi connectivity index (χ0) is 23.4. The maximum Gasteiger partial charge on any atom is 0.254 e. The number of carbonyl (C=O) groups is 1. The van der Waals surface area contributed by atoms with Crippen LogP contribution in [0.15, 0.2) is 24.4 Å². The van der Waals surface area contributed by atoms with Gasteiger partial charge >= 0.3 is 0 Å². The third-order valence-electron chi connectivity index (χ3n) is 5.38. The molecule has 1 aromatic carbocycles. The van der Waals surface area contributed by atoms with Crippen molar-refractivity contribution < 1.29 is 19.0 Å². The Labute approximate surface area is 193 Å². The summed E-state index contributed by atoms with van der Waals surface area (Å²) in [5, 5.41) is 9.85. The summed E-state index contributed by atoms with van der Waals surface area (Å²) in [7, 11) is 0. The van der Waals surface area contributed by atoms with Gasteiger partial charge in [-0.1, -0.05) is 0 Å². The molecule has 2 aliphatic rings. The van der Waals surface area contributed by atoms with Crippen LogP contribution in [0, 0.1) is 0 Å². The summed E-state index contributed by atoms with van der Waals surface area (Å²) in [6, 6.07) is 6.04. The second-order valence-electron chi connectivity index (χ2n) is 8.93. The van der Waals surface area contributed by atoms with E-state index in [1.165, 1.54) is 6.20 Å². The Kier molecular flexibility index (Phi) is 6.85. The van der Waals surface area contributed by atoms with Crippen molar-refractivity contribution in [3.05, 3.63) is 30.0 Å².